The van der Waals surface area contributed by atoms with E-state index in [4.69, 9.17) is 15.3 Å². The third kappa shape index (κ3) is 2.33. The number of carboxylic acids is 1. The number of nitrogens with two attached hydrogens (primary N) is 1. The lowest BCUT2D eigenvalue weighted by molar-refractivity contribution is 0.0660. The first-order valence-electron chi connectivity index (χ1n) is 4.71. The SMILES string of the molecule is NC(=O)c1ccn(Cc2ccc(C(=O)O)o2)n1. The number of hydrogen-bond donors (Lipinski definition) is 2. The summed E-state index contributed by atoms with van der Waals surface area (Å²) in [5.74, 6) is -1.45. The van der Waals surface area contributed by atoms with Gasteiger partial charge in [-0.15, -0.1) is 0 Å². The van der Waals surface area contributed by atoms with E-state index in [0.717, 1.165) is 0 Å². The van der Waals surface area contributed by atoms with Crippen LogP contribution in [0.15, 0.2) is 28.8 Å². The van der Waals surface area contributed by atoms with Gasteiger partial charge in [0, 0.05) is 6.20 Å². The molecule has 1 amide bonds. The maximum atomic E-state index is 10.8. The van der Waals surface area contributed by atoms with Crippen LogP contribution in [-0.2, 0) is 6.54 Å². The molecule has 0 aliphatic heterocycles. The zero-order chi connectivity index (χ0) is 12.4. The van der Waals surface area contributed by atoms with Crippen molar-refractivity contribution in [1.29, 1.82) is 0 Å². The number of carbonyl (C=O) groups is 2. The van der Waals surface area contributed by atoms with E-state index >= 15 is 0 Å². The molecule has 0 saturated heterocycles. The Hall–Kier alpha value is -2.57. The first kappa shape index (κ1) is 10.9. The van der Waals surface area contributed by atoms with Gasteiger partial charge < -0.3 is 15.3 Å². The van der Waals surface area contributed by atoms with Gasteiger partial charge in [-0.3, -0.25) is 9.48 Å². The van der Waals surface area contributed by atoms with Gasteiger partial charge in [-0.25, -0.2) is 4.79 Å². The molecule has 2 heterocycles. The maximum absolute atomic E-state index is 10.8. The standard InChI is InChI=1S/C10H9N3O4/c11-9(14)7-3-4-13(12-7)5-6-1-2-8(17-6)10(15)16/h1-4H,5H2,(H2,11,14)(H,15,16). The van der Waals surface area contributed by atoms with Crippen LogP contribution in [0.2, 0.25) is 0 Å². The second-order valence-corrected chi connectivity index (χ2v) is 3.33. The van der Waals surface area contributed by atoms with Gasteiger partial charge in [-0.1, -0.05) is 0 Å². The van der Waals surface area contributed by atoms with E-state index in [1.807, 2.05) is 0 Å². The lowest BCUT2D eigenvalue weighted by Crippen LogP contribution is -2.12. The van der Waals surface area contributed by atoms with Crippen LogP contribution in [0.25, 0.3) is 0 Å². The number of primary amides is 1. The Morgan fingerprint density at radius 3 is 2.71 bits per heavy atom. The average Bonchev–Trinajstić information content (AvgIpc) is 2.87. The molecule has 2 aromatic heterocycles. The largest absolute Gasteiger partial charge is 0.475 e. The number of carboxylic acid groups (broad SMARTS) is 1. The second kappa shape index (κ2) is 4.12. The van der Waals surface area contributed by atoms with Crippen molar-refractivity contribution in [2.45, 2.75) is 6.54 Å². The molecule has 88 valence electrons. The molecule has 0 fully saturated rings. The summed E-state index contributed by atoms with van der Waals surface area (Å²) < 4.78 is 6.48. The first-order chi connectivity index (χ1) is 8.06. The smallest absolute Gasteiger partial charge is 0.371 e. The number of furan rings is 1. The number of nitrogens with zero attached hydrogens (tertiary/aromatic N) is 2. The normalized spacial score (nSPS) is 10.4. The van der Waals surface area contributed by atoms with Crippen LogP contribution in [0, 0.1) is 0 Å². The number of aromatic nitrogens is 2. The fourth-order valence-corrected chi connectivity index (χ4v) is 1.32. The van der Waals surface area contributed by atoms with Gasteiger partial charge >= 0.3 is 5.97 Å². The molecule has 7 heteroatoms. The summed E-state index contributed by atoms with van der Waals surface area (Å²) in [6.07, 6.45) is 1.56. The average molecular weight is 235 g/mol. The fraction of sp³-hybridized carbons (Fsp3) is 0.100. The highest BCUT2D eigenvalue weighted by molar-refractivity contribution is 5.90. The Morgan fingerprint density at radius 1 is 1.41 bits per heavy atom. The summed E-state index contributed by atoms with van der Waals surface area (Å²) in [5, 5.41) is 12.6. The molecule has 0 aromatic carbocycles. The molecule has 0 radical (unpaired) electrons. The fourth-order valence-electron chi connectivity index (χ4n) is 1.32. The lowest BCUT2D eigenvalue weighted by atomic mass is 10.4. The molecule has 0 aliphatic carbocycles. The molecule has 0 atom stereocenters. The van der Waals surface area contributed by atoms with Crippen LogP contribution < -0.4 is 5.73 Å². The van der Waals surface area contributed by atoms with Crippen molar-refractivity contribution in [1.82, 2.24) is 9.78 Å². The number of hydrogen-bond acceptors (Lipinski definition) is 4. The predicted octanol–water partition coefficient (Wildman–Crippen LogP) is 0.321. The van der Waals surface area contributed by atoms with Crippen molar-refractivity contribution in [2.24, 2.45) is 5.73 Å². The quantitative estimate of drug-likeness (QED) is 0.792. The van der Waals surface area contributed by atoms with Crippen molar-refractivity contribution < 1.29 is 19.1 Å². The summed E-state index contributed by atoms with van der Waals surface area (Å²) in [6, 6.07) is 4.37. The minimum absolute atomic E-state index is 0.137. The number of amides is 1. The van der Waals surface area contributed by atoms with Gasteiger partial charge in [0.1, 0.15) is 11.5 Å². The van der Waals surface area contributed by atoms with Gasteiger partial charge in [0.15, 0.2) is 0 Å². The van der Waals surface area contributed by atoms with Crippen LogP contribution in [-0.4, -0.2) is 26.8 Å². The van der Waals surface area contributed by atoms with E-state index in [1.165, 1.54) is 22.9 Å². The zero-order valence-corrected chi connectivity index (χ0v) is 8.66. The summed E-state index contributed by atoms with van der Waals surface area (Å²) in [6.45, 7) is 0.237. The van der Waals surface area contributed by atoms with Gasteiger partial charge in [0.25, 0.3) is 5.91 Å². The Balaban J connectivity index is 2.13. The molecule has 3 N–H and O–H groups in total. The van der Waals surface area contributed by atoms with Gasteiger partial charge in [-0.05, 0) is 18.2 Å². The van der Waals surface area contributed by atoms with Crippen molar-refractivity contribution in [3.63, 3.8) is 0 Å². The molecule has 0 spiro atoms. The monoisotopic (exact) mass is 235 g/mol. The van der Waals surface area contributed by atoms with Crippen molar-refractivity contribution >= 4 is 11.9 Å². The van der Waals surface area contributed by atoms with Crippen LogP contribution >= 0.6 is 0 Å². The second-order valence-electron chi connectivity index (χ2n) is 3.33. The predicted molar refractivity (Wildman–Crippen MR) is 55.5 cm³/mol. The minimum Gasteiger partial charge on any atom is -0.475 e. The third-order valence-corrected chi connectivity index (χ3v) is 2.08. The van der Waals surface area contributed by atoms with Crippen LogP contribution in [0.4, 0.5) is 0 Å². The van der Waals surface area contributed by atoms with E-state index in [0.29, 0.717) is 5.76 Å². The molecule has 2 aromatic rings. The summed E-state index contributed by atoms with van der Waals surface area (Å²) >= 11 is 0. The summed E-state index contributed by atoms with van der Waals surface area (Å²) in [4.78, 5) is 21.4. The molecule has 0 bridgehead atoms. The Kier molecular flexibility index (Phi) is 2.65. The molecule has 0 unspecified atom stereocenters. The van der Waals surface area contributed by atoms with E-state index in [2.05, 4.69) is 5.10 Å². The van der Waals surface area contributed by atoms with Gasteiger partial charge in [-0.2, -0.15) is 5.10 Å². The zero-order valence-electron chi connectivity index (χ0n) is 8.66. The summed E-state index contributed by atoms with van der Waals surface area (Å²) in [5.41, 5.74) is 5.20. The van der Waals surface area contributed by atoms with Gasteiger partial charge in [0.05, 0.1) is 6.54 Å². The first-order valence-corrected chi connectivity index (χ1v) is 4.71. The van der Waals surface area contributed by atoms with E-state index < -0.39 is 11.9 Å². The Labute approximate surface area is 95.4 Å². The summed E-state index contributed by atoms with van der Waals surface area (Å²) in [7, 11) is 0. The number of aromatic carboxylic acids is 1. The van der Waals surface area contributed by atoms with Gasteiger partial charge in [0.2, 0.25) is 5.76 Å². The van der Waals surface area contributed by atoms with Crippen molar-refractivity contribution in [3.05, 3.63) is 41.6 Å². The number of rotatable bonds is 4. The van der Waals surface area contributed by atoms with Crippen LogP contribution in [0.3, 0.4) is 0 Å². The Bertz CT molecular complexity index is 519. The highest BCUT2D eigenvalue weighted by Gasteiger charge is 2.10. The van der Waals surface area contributed by atoms with Crippen LogP contribution in [0.5, 0.6) is 0 Å². The molecule has 2 rings (SSSR count). The third-order valence-electron chi connectivity index (χ3n) is 2.08. The maximum Gasteiger partial charge on any atom is 0.371 e. The lowest BCUT2D eigenvalue weighted by Gasteiger charge is -1.96. The molecule has 0 saturated carbocycles. The van der Waals surface area contributed by atoms with E-state index in [1.54, 1.807) is 6.20 Å². The molecular formula is C10H9N3O4. The van der Waals surface area contributed by atoms with E-state index in [9.17, 15) is 9.59 Å². The highest BCUT2D eigenvalue weighted by Crippen LogP contribution is 2.09. The topological polar surface area (TPSA) is 111 Å². The molecule has 17 heavy (non-hydrogen) atoms. The Morgan fingerprint density at radius 2 is 2.18 bits per heavy atom. The number of carbonyl (C=O) groups excluding carboxylic acids is 1. The van der Waals surface area contributed by atoms with Crippen molar-refractivity contribution in [3.8, 4) is 0 Å². The van der Waals surface area contributed by atoms with Crippen LogP contribution in [0.1, 0.15) is 26.8 Å². The van der Waals surface area contributed by atoms with Crippen molar-refractivity contribution in [2.75, 3.05) is 0 Å². The molecular weight excluding hydrogens is 226 g/mol. The van der Waals surface area contributed by atoms with E-state index in [-0.39, 0.29) is 18.0 Å². The highest BCUT2D eigenvalue weighted by atomic mass is 16.4. The molecule has 0 aliphatic rings. The minimum atomic E-state index is -1.13. The molecule has 7 nitrogen and oxygen atoms in total.